The summed E-state index contributed by atoms with van der Waals surface area (Å²) >= 11 is 1.49. The fraction of sp³-hybridized carbons (Fsp3) is 0.250. The Labute approximate surface area is 192 Å². The maximum absolute atomic E-state index is 13.7. The number of hydrogen-bond acceptors (Lipinski definition) is 6. The van der Waals surface area contributed by atoms with E-state index in [1.54, 1.807) is 41.0 Å². The van der Waals surface area contributed by atoms with Gasteiger partial charge in [0.05, 0.1) is 29.7 Å². The standard InChI is InChI=1S/C24H21N3O5S/c1-32-18-9-5-7-16(13-18)26-22(28)21-19-10-2-3-11-20(19)33-23(21)25(24(26)29)14-15-6-4-8-17(12-15)27(30)31/h4-9,12-13H,2-3,10-11,14H2,1H3. The minimum atomic E-state index is -0.481. The Bertz CT molecular complexity index is 1520. The van der Waals surface area contributed by atoms with Crippen molar-refractivity contribution in [3.05, 3.63) is 95.5 Å². The summed E-state index contributed by atoms with van der Waals surface area (Å²) < 4.78 is 8.05. The molecule has 0 bridgehead atoms. The molecule has 0 spiro atoms. The fourth-order valence-electron chi connectivity index (χ4n) is 4.44. The third-order valence-corrected chi connectivity index (χ3v) is 7.33. The molecule has 0 saturated heterocycles. The number of fused-ring (bicyclic) bond motifs is 3. The number of thiophene rings is 1. The zero-order valence-corrected chi connectivity index (χ0v) is 18.8. The van der Waals surface area contributed by atoms with Crippen molar-refractivity contribution in [2.24, 2.45) is 0 Å². The first-order valence-corrected chi connectivity index (χ1v) is 11.5. The summed E-state index contributed by atoms with van der Waals surface area (Å²) in [6.07, 6.45) is 3.75. The molecule has 0 amide bonds. The molecule has 2 heterocycles. The maximum atomic E-state index is 13.7. The molecule has 0 unspecified atom stereocenters. The van der Waals surface area contributed by atoms with Crippen LogP contribution in [0.3, 0.4) is 0 Å². The van der Waals surface area contributed by atoms with Crippen LogP contribution in [-0.4, -0.2) is 21.2 Å². The van der Waals surface area contributed by atoms with Crippen LogP contribution in [0.1, 0.15) is 28.8 Å². The van der Waals surface area contributed by atoms with Crippen LogP contribution in [0.4, 0.5) is 5.69 Å². The number of nitro groups is 1. The number of aryl methyl sites for hydroxylation is 2. The molecule has 5 rings (SSSR count). The maximum Gasteiger partial charge on any atom is 0.337 e. The summed E-state index contributed by atoms with van der Waals surface area (Å²) in [6.45, 7) is 0.126. The Morgan fingerprint density at radius 2 is 1.88 bits per heavy atom. The summed E-state index contributed by atoms with van der Waals surface area (Å²) in [5, 5.41) is 11.8. The first-order chi connectivity index (χ1) is 16.0. The molecule has 0 radical (unpaired) electrons. The van der Waals surface area contributed by atoms with Crippen molar-refractivity contribution < 1.29 is 9.66 Å². The Morgan fingerprint density at radius 3 is 2.67 bits per heavy atom. The molecule has 4 aromatic rings. The molecule has 0 aliphatic heterocycles. The fourth-order valence-corrected chi connectivity index (χ4v) is 5.81. The Hall–Kier alpha value is -3.72. The highest BCUT2D eigenvalue weighted by Gasteiger charge is 2.24. The number of benzene rings is 2. The van der Waals surface area contributed by atoms with Crippen molar-refractivity contribution in [1.82, 2.24) is 9.13 Å². The highest BCUT2D eigenvalue weighted by atomic mass is 32.1. The number of hydrogen-bond donors (Lipinski definition) is 0. The van der Waals surface area contributed by atoms with Crippen LogP contribution in [0.2, 0.25) is 0 Å². The van der Waals surface area contributed by atoms with Crippen LogP contribution in [0.25, 0.3) is 15.9 Å². The Morgan fingerprint density at radius 1 is 1.09 bits per heavy atom. The third-order valence-electron chi connectivity index (χ3n) is 6.01. The van der Waals surface area contributed by atoms with Crippen LogP contribution in [0.5, 0.6) is 5.75 Å². The largest absolute Gasteiger partial charge is 0.497 e. The van der Waals surface area contributed by atoms with Gasteiger partial charge in [-0.05, 0) is 48.9 Å². The van der Waals surface area contributed by atoms with Gasteiger partial charge < -0.3 is 4.74 Å². The number of nitrogens with zero attached hydrogens (tertiary/aromatic N) is 3. The number of methoxy groups -OCH3 is 1. The van der Waals surface area contributed by atoms with Gasteiger partial charge >= 0.3 is 5.69 Å². The molecule has 0 fully saturated rings. The van der Waals surface area contributed by atoms with E-state index in [0.29, 0.717) is 27.2 Å². The van der Waals surface area contributed by atoms with E-state index in [0.717, 1.165) is 36.1 Å². The summed E-state index contributed by atoms with van der Waals surface area (Å²) in [5.74, 6) is 0.538. The number of aromatic nitrogens is 2. The van der Waals surface area contributed by atoms with Crippen molar-refractivity contribution >= 4 is 27.2 Å². The quantitative estimate of drug-likeness (QED) is 0.329. The van der Waals surface area contributed by atoms with Crippen LogP contribution >= 0.6 is 11.3 Å². The smallest absolute Gasteiger partial charge is 0.337 e. The lowest BCUT2D eigenvalue weighted by Gasteiger charge is -2.14. The molecule has 33 heavy (non-hydrogen) atoms. The minimum Gasteiger partial charge on any atom is -0.497 e. The average Bonchev–Trinajstić information content (AvgIpc) is 3.22. The van der Waals surface area contributed by atoms with Crippen molar-refractivity contribution in [1.29, 1.82) is 0 Å². The summed E-state index contributed by atoms with van der Waals surface area (Å²) in [6, 6.07) is 13.1. The number of ether oxygens (including phenoxy) is 1. The second-order valence-electron chi connectivity index (χ2n) is 8.03. The predicted molar refractivity (Wildman–Crippen MR) is 127 cm³/mol. The summed E-state index contributed by atoms with van der Waals surface area (Å²) in [5.41, 5.74) is 1.22. The van der Waals surface area contributed by atoms with Gasteiger partial charge in [0.15, 0.2) is 0 Å². The second kappa shape index (κ2) is 8.32. The molecule has 1 aliphatic rings. The van der Waals surface area contributed by atoms with Gasteiger partial charge in [-0.2, -0.15) is 0 Å². The van der Waals surface area contributed by atoms with E-state index in [4.69, 9.17) is 4.74 Å². The van der Waals surface area contributed by atoms with Crippen molar-refractivity contribution in [3.63, 3.8) is 0 Å². The van der Waals surface area contributed by atoms with Gasteiger partial charge in [0.25, 0.3) is 11.2 Å². The zero-order chi connectivity index (χ0) is 23.1. The summed E-state index contributed by atoms with van der Waals surface area (Å²) in [7, 11) is 1.53. The van der Waals surface area contributed by atoms with E-state index < -0.39 is 10.6 Å². The topological polar surface area (TPSA) is 96.4 Å². The average molecular weight is 464 g/mol. The lowest BCUT2D eigenvalue weighted by molar-refractivity contribution is -0.384. The van der Waals surface area contributed by atoms with Gasteiger partial charge in [-0.3, -0.25) is 19.5 Å². The lowest BCUT2D eigenvalue weighted by Crippen LogP contribution is -2.39. The van der Waals surface area contributed by atoms with Crippen LogP contribution < -0.4 is 16.0 Å². The van der Waals surface area contributed by atoms with E-state index in [9.17, 15) is 19.7 Å². The van der Waals surface area contributed by atoms with E-state index in [1.807, 2.05) is 0 Å². The highest BCUT2D eigenvalue weighted by molar-refractivity contribution is 7.18. The predicted octanol–water partition coefficient (Wildman–Crippen LogP) is 4.06. The molecule has 0 atom stereocenters. The van der Waals surface area contributed by atoms with E-state index >= 15 is 0 Å². The van der Waals surface area contributed by atoms with E-state index in [1.165, 1.54) is 35.1 Å². The van der Waals surface area contributed by atoms with Crippen molar-refractivity contribution in [2.75, 3.05) is 7.11 Å². The van der Waals surface area contributed by atoms with Gasteiger partial charge in [0.2, 0.25) is 0 Å². The van der Waals surface area contributed by atoms with E-state index in [2.05, 4.69) is 0 Å². The van der Waals surface area contributed by atoms with E-state index in [-0.39, 0.29) is 17.8 Å². The first kappa shape index (κ1) is 21.1. The minimum absolute atomic E-state index is 0.0385. The SMILES string of the molecule is COc1cccc(-n2c(=O)c3c4c(sc3n(Cc3cccc([N+](=O)[O-])c3)c2=O)CCCC4)c1. The molecule has 2 aromatic heterocycles. The molecule has 0 N–H and O–H groups in total. The lowest BCUT2D eigenvalue weighted by atomic mass is 9.97. The molecule has 1 aliphatic carbocycles. The first-order valence-electron chi connectivity index (χ1n) is 10.7. The number of nitro benzene ring substituents is 1. The van der Waals surface area contributed by atoms with Gasteiger partial charge in [0.1, 0.15) is 10.6 Å². The Balaban J connectivity index is 1.80. The summed E-state index contributed by atoms with van der Waals surface area (Å²) in [4.78, 5) is 39.9. The third kappa shape index (κ3) is 3.64. The number of non-ortho nitro benzene ring substituents is 1. The molecule has 8 nitrogen and oxygen atoms in total. The van der Waals surface area contributed by atoms with Gasteiger partial charge in [-0.1, -0.05) is 18.2 Å². The van der Waals surface area contributed by atoms with Crippen LogP contribution in [-0.2, 0) is 19.4 Å². The zero-order valence-electron chi connectivity index (χ0n) is 17.9. The van der Waals surface area contributed by atoms with Crippen molar-refractivity contribution in [3.8, 4) is 11.4 Å². The van der Waals surface area contributed by atoms with Crippen molar-refractivity contribution in [2.45, 2.75) is 32.2 Å². The van der Waals surface area contributed by atoms with Gasteiger partial charge in [0, 0.05) is 23.1 Å². The molecular formula is C24H21N3O5S. The van der Waals surface area contributed by atoms with Gasteiger partial charge in [-0.15, -0.1) is 11.3 Å². The molecule has 168 valence electrons. The van der Waals surface area contributed by atoms with Crippen LogP contribution in [0.15, 0.2) is 58.1 Å². The monoisotopic (exact) mass is 463 g/mol. The van der Waals surface area contributed by atoms with Gasteiger partial charge in [-0.25, -0.2) is 9.36 Å². The van der Waals surface area contributed by atoms with Crippen LogP contribution in [0, 0.1) is 10.1 Å². The number of rotatable bonds is 5. The normalized spacial score (nSPS) is 13.1. The molecule has 9 heteroatoms. The second-order valence-corrected chi connectivity index (χ2v) is 9.11. The molecule has 2 aromatic carbocycles. The molecule has 0 saturated carbocycles. The molecular weight excluding hydrogens is 442 g/mol. The highest BCUT2D eigenvalue weighted by Crippen LogP contribution is 2.34. The Kier molecular flexibility index (Phi) is 5.33.